The molecule has 2 heterocycles. The Hall–Kier alpha value is -1.62. The lowest BCUT2D eigenvalue weighted by molar-refractivity contribution is 0.162. The summed E-state index contributed by atoms with van der Waals surface area (Å²) in [5.74, 6) is 2.34. The first-order valence-electron chi connectivity index (χ1n) is 7.02. The van der Waals surface area contributed by atoms with Crippen molar-refractivity contribution >= 4 is 0 Å². The number of hydrogen-bond acceptors (Lipinski definition) is 5. The van der Waals surface area contributed by atoms with Gasteiger partial charge in [-0.2, -0.15) is 4.98 Å². The molecule has 0 saturated carbocycles. The van der Waals surface area contributed by atoms with E-state index >= 15 is 0 Å². The van der Waals surface area contributed by atoms with Crippen LogP contribution < -0.4 is 0 Å². The molecule has 0 saturated heterocycles. The van der Waals surface area contributed by atoms with Crippen molar-refractivity contribution in [3.05, 3.63) is 35.9 Å². The van der Waals surface area contributed by atoms with Gasteiger partial charge in [0.15, 0.2) is 5.82 Å². The fourth-order valence-corrected chi connectivity index (χ4v) is 1.99. The fourth-order valence-electron chi connectivity index (χ4n) is 1.99. The Bertz CT molecular complexity index is 526. The van der Waals surface area contributed by atoms with Crippen molar-refractivity contribution in [1.82, 2.24) is 15.0 Å². The molecule has 2 aromatic rings. The maximum Gasteiger partial charge on any atom is 0.243 e. The second-order valence-corrected chi connectivity index (χ2v) is 6.02. The van der Waals surface area contributed by atoms with Crippen molar-refractivity contribution in [1.29, 1.82) is 0 Å². The van der Waals surface area contributed by atoms with Crippen LogP contribution in [0.5, 0.6) is 0 Å². The quantitative estimate of drug-likeness (QED) is 0.836. The van der Waals surface area contributed by atoms with Crippen LogP contribution in [0.25, 0.3) is 0 Å². The lowest BCUT2D eigenvalue weighted by Crippen LogP contribution is -2.26. The van der Waals surface area contributed by atoms with Crippen LogP contribution in [-0.4, -0.2) is 21.6 Å². The van der Waals surface area contributed by atoms with Crippen molar-refractivity contribution in [2.24, 2.45) is 0 Å². The summed E-state index contributed by atoms with van der Waals surface area (Å²) in [5.41, 5.74) is -0.0977. The second kappa shape index (κ2) is 5.79. The van der Waals surface area contributed by atoms with Crippen molar-refractivity contribution in [2.45, 2.75) is 52.6 Å². The van der Waals surface area contributed by atoms with Crippen molar-refractivity contribution in [2.75, 3.05) is 6.54 Å². The summed E-state index contributed by atoms with van der Waals surface area (Å²) in [4.78, 5) is 6.76. The van der Waals surface area contributed by atoms with E-state index < -0.39 is 0 Å². The summed E-state index contributed by atoms with van der Waals surface area (Å²) >= 11 is 0. The van der Waals surface area contributed by atoms with Gasteiger partial charge in [-0.05, 0) is 25.6 Å². The number of nitrogens with zero attached hydrogens (tertiary/aromatic N) is 3. The molecule has 0 amide bonds. The molecule has 0 aliphatic rings. The zero-order chi connectivity index (χ0) is 14.8. The zero-order valence-corrected chi connectivity index (χ0v) is 12.9. The zero-order valence-electron chi connectivity index (χ0n) is 12.9. The van der Waals surface area contributed by atoms with Gasteiger partial charge in [-0.25, -0.2) is 0 Å². The maximum atomic E-state index is 5.42. The first-order valence-corrected chi connectivity index (χ1v) is 7.02. The van der Waals surface area contributed by atoms with Crippen LogP contribution in [-0.2, 0) is 12.0 Å². The van der Waals surface area contributed by atoms with Gasteiger partial charge in [-0.3, -0.25) is 4.90 Å². The topological polar surface area (TPSA) is 55.3 Å². The van der Waals surface area contributed by atoms with Crippen molar-refractivity contribution < 1.29 is 8.94 Å². The standard InChI is InChI=1S/C15H23N3O2/c1-6-18(10-12-8-7-9-19-12)11(2)13-16-14(17-20-13)15(3,4)5/h7-9,11H,6,10H2,1-5H3/t11-/m0/s1. The normalized spacial score (nSPS) is 13.9. The molecule has 0 unspecified atom stereocenters. The average molecular weight is 277 g/mol. The van der Waals surface area contributed by atoms with Gasteiger partial charge in [-0.1, -0.05) is 32.9 Å². The first-order chi connectivity index (χ1) is 9.41. The molecule has 0 N–H and O–H groups in total. The van der Waals surface area contributed by atoms with Gasteiger partial charge in [0.2, 0.25) is 5.89 Å². The van der Waals surface area contributed by atoms with Gasteiger partial charge in [0.25, 0.3) is 0 Å². The molecular weight excluding hydrogens is 254 g/mol. The number of furan rings is 1. The van der Waals surface area contributed by atoms with E-state index in [4.69, 9.17) is 8.94 Å². The SMILES string of the molecule is CCN(Cc1ccco1)[C@@H](C)c1nc(C(C)(C)C)no1. The highest BCUT2D eigenvalue weighted by atomic mass is 16.5. The Morgan fingerprint density at radius 3 is 2.60 bits per heavy atom. The summed E-state index contributed by atoms with van der Waals surface area (Å²) in [6, 6.07) is 3.94. The molecule has 0 fully saturated rings. The third kappa shape index (κ3) is 3.28. The van der Waals surface area contributed by atoms with Crippen LogP contribution in [0.1, 0.15) is 58.1 Å². The molecule has 2 rings (SSSR count). The molecule has 0 radical (unpaired) electrons. The van der Waals surface area contributed by atoms with E-state index in [1.807, 2.05) is 12.1 Å². The Labute approximate surface area is 120 Å². The minimum atomic E-state index is -0.0977. The molecule has 0 aliphatic heterocycles. The van der Waals surface area contributed by atoms with E-state index in [9.17, 15) is 0 Å². The summed E-state index contributed by atoms with van der Waals surface area (Å²) in [6.07, 6.45) is 1.69. The highest BCUT2D eigenvalue weighted by molar-refractivity contribution is 5.03. The maximum absolute atomic E-state index is 5.42. The highest BCUT2D eigenvalue weighted by Gasteiger charge is 2.25. The molecule has 0 spiro atoms. The van der Waals surface area contributed by atoms with Gasteiger partial charge < -0.3 is 8.94 Å². The van der Waals surface area contributed by atoms with E-state index in [0.717, 1.165) is 24.7 Å². The molecule has 20 heavy (non-hydrogen) atoms. The van der Waals surface area contributed by atoms with Crippen LogP contribution in [0.15, 0.2) is 27.3 Å². The molecule has 0 bridgehead atoms. The largest absolute Gasteiger partial charge is 0.468 e. The summed E-state index contributed by atoms with van der Waals surface area (Å²) in [5, 5.41) is 4.09. The van der Waals surface area contributed by atoms with E-state index in [-0.39, 0.29) is 11.5 Å². The first kappa shape index (κ1) is 14.8. The predicted molar refractivity (Wildman–Crippen MR) is 76.2 cm³/mol. The molecule has 5 heteroatoms. The van der Waals surface area contributed by atoms with Gasteiger partial charge in [0.05, 0.1) is 18.8 Å². The monoisotopic (exact) mass is 277 g/mol. The van der Waals surface area contributed by atoms with Gasteiger partial charge in [0.1, 0.15) is 5.76 Å². The molecular formula is C15H23N3O2. The predicted octanol–water partition coefficient (Wildman–Crippen LogP) is 3.54. The molecule has 5 nitrogen and oxygen atoms in total. The van der Waals surface area contributed by atoms with Crippen molar-refractivity contribution in [3.63, 3.8) is 0 Å². The second-order valence-electron chi connectivity index (χ2n) is 6.02. The lowest BCUT2D eigenvalue weighted by atomic mass is 9.96. The van der Waals surface area contributed by atoms with E-state index in [2.05, 4.69) is 49.7 Å². The van der Waals surface area contributed by atoms with Crippen LogP contribution in [0.2, 0.25) is 0 Å². The molecule has 0 aromatic carbocycles. The Morgan fingerprint density at radius 2 is 2.10 bits per heavy atom. The summed E-state index contributed by atoms with van der Waals surface area (Å²) in [7, 11) is 0. The Kier molecular flexibility index (Phi) is 4.28. The molecule has 1 atom stereocenters. The van der Waals surface area contributed by atoms with E-state index in [0.29, 0.717) is 5.89 Å². The highest BCUT2D eigenvalue weighted by Crippen LogP contribution is 2.24. The number of rotatable bonds is 5. The fraction of sp³-hybridized carbons (Fsp3) is 0.600. The minimum absolute atomic E-state index is 0.0636. The third-order valence-corrected chi connectivity index (χ3v) is 3.36. The van der Waals surface area contributed by atoms with E-state index in [1.165, 1.54) is 0 Å². The molecule has 0 aliphatic carbocycles. The number of hydrogen-bond donors (Lipinski definition) is 0. The van der Waals surface area contributed by atoms with Gasteiger partial charge >= 0.3 is 0 Å². The summed E-state index contributed by atoms with van der Waals surface area (Å²) in [6.45, 7) is 12.0. The Morgan fingerprint density at radius 1 is 1.35 bits per heavy atom. The average Bonchev–Trinajstić information content (AvgIpc) is 3.05. The van der Waals surface area contributed by atoms with Crippen LogP contribution in [0.3, 0.4) is 0 Å². The van der Waals surface area contributed by atoms with Gasteiger partial charge in [-0.15, -0.1) is 0 Å². The lowest BCUT2D eigenvalue weighted by Gasteiger charge is -2.23. The third-order valence-electron chi connectivity index (χ3n) is 3.36. The smallest absolute Gasteiger partial charge is 0.243 e. The molecule has 110 valence electrons. The van der Waals surface area contributed by atoms with Gasteiger partial charge in [0, 0.05) is 5.41 Å². The summed E-state index contributed by atoms with van der Waals surface area (Å²) < 4.78 is 10.8. The Balaban J connectivity index is 2.12. The van der Waals surface area contributed by atoms with Crippen molar-refractivity contribution in [3.8, 4) is 0 Å². The number of aromatic nitrogens is 2. The molecule has 2 aromatic heterocycles. The van der Waals surface area contributed by atoms with Crippen LogP contribution >= 0.6 is 0 Å². The van der Waals surface area contributed by atoms with Crippen LogP contribution in [0, 0.1) is 0 Å². The minimum Gasteiger partial charge on any atom is -0.468 e. The van der Waals surface area contributed by atoms with E-state index in [1.54, 1.807) is 6.26 Å². The van der Waals surface area contributed by atoms with Crippen LogP contribution in [0.4, 0.5) is 0 Å².